The van der Waals surface area contributed by atoms with Crippen LogP contribution in [0.4, 0.5) is 10.2 Å². The first-order chi connectivity index (χ1) is 16.7. The Kier molecular flexibility index (Phi) is 8.09. The summed E-state index contributed by atoms with van der Waals surface area (Å²) in [5, 5.41) is 7.47. The number of hydrogen-bond donors (Lipinski definition) is 2. The van der Waals surface area contributed by atoms with Gasteiger partial charge in [0.25, 0.3) is 0 Å². The Hall–Kier alpha value is -2.49. The molecule has 7 nitrogen and oxygen atoms in total. The summed E-state index contributed by atoms with van der Waals surface area (Å²) >= 11 is 6.55. The van der Waals surface area contributed by atoms with Crippen LogP contribution in [0, 0.1) is 11.7 Å². The van der Waals surface area contributed by atoms with Crippen LogP contribution in [0.5, 0.6) is 0 Å². The van der Waals surface area contributed by atoms with Crippen LogP contribution < -0.4 is 10.6 Å². The highest BCUT2D eigenvalue weighted by molar-refractivity contribution is 7.89. The molecule has 0 bridgehead atoms. The second-order valence-corrected chi connectivity index (χ2v) is 11.6. The second-order valence-electron chi connectivity index (χ2n) is 8.98. The lowest BCUT2D eigenvalue weighted by atomic mass is 9.92. The van der Waals surface area contributed by atoms with Crippen LogP contribution in [0.3, 0.4) is 0 Å². The summed E-state index contributed by atoms with van der Waals surface area (Å²) in [7, 11) is -3.15. The summed E-state index contributed by atoms with van der Waals surface area (Å²) in [6, 6.07) is 8.42. The van der Waals surface area contributed by atoms with E-state index in [1.54, 1.807) is 23.5 Å². The van der Waals surface area contributed by atoms with Crippen LogP contribution in [0.15, 0.2) is 53.7 Å². The Bertz CT molecular complexity index is 1210. The van der Waals surface area contributed by atoms with Crippen molar-refractivity contribution in [3.8, 4) is 0 Å². The van der Waals surface area contributed by atoms with E-state index in [0.29, 0.717) is 36.3 Å². The molecule has 2 atom stereocenters. The highest BCUT2D eigenvalue weighted by Crippen LogP contribution is 2.32. The Morgan fingerprint density at radius 2 is 2.06 bits per heavy atom. The van der Waals surface area contributed by atoms with Crippen molar-refractivity contribution in [1.29, 1.82) is 0 Å². The molecule has 1 fully saturated rings. The van der Waals surface area contributed by atoms with Crippen molar-refractivity contribution >= 4 is 33.3 Å². The van der Waals surface area contributed by atoms with Crippen LogP contribution >= 0.6 is 11.6 Å². The molecule has 4 rings (SSSR count). The lowest BCUT2D eigenvalue weighted by Crippen LogP contribution is -2.43. The molecule has 0 radical (unpaired) electrons. The zero-order valence-corrected chi connectivity index (χ0v) is 21.5. The average molecular weight is 520 g/mol. The second kappa shape index (κ2) is 11.1. The van der Waals surface area contributed by atoms with Crippen LogP contribution in [0.2, 0.25) is 5.02 Å². The average Bonchev–Trinajstić information content (AvgIpc) is 2.85. The van der Waals surface area contributed by atoms with Gasteiger partial charge in [-0.25, -0.2) is 22.1 Å². The molecule has 35 heavy (non-hydrogen) atoms. The zero-order valence-electron chi connectivity index (χ0n) is 19.9. The molecule has 3 heterocycles. The van der Waals surface area contributed by atoms with E-state index < -0.39 is 10.0 Å². The minimum Gasteiger partial charge on any atom is -0.367 e. The molecule has 0 spiro atoms. The fraction of sp³-hybridized carbons (Fsp3) is 0.440. The quantitative estimate of drug-likeness (QED) is 0.561. The summed E-state index contributed by atoms with van der Waals surface area (Å²) < 4.78 is 39.3. The largest absolute Gasteiger partial charge is 0.367 e. The molecule has 1 aromatic carbocycles. The summed E-state index contributed by atoms with van der Waals surface area (Å²) in [6.07, 6.45) is 7.10. The highest BCUT2D eigenvalue weighted by atomic mass is 35.5. The Balaban J connectivity index is 1.44. The number of pyridine rings is 1. The third-order valence-corrected chi connectivity index (χ3v) is 8.69. The summed E-state index contributed by atoms with van der Waals surface area (Å²) in [5.74, 6) is 1.44. The van der Waals surface area contributed by atoms with Crippen molar-refractivity contribution < 1.29 is 12.8 Å². The molecule has 10 heteroatoms. The molecule has 0 aliphatic carbocycles. The van der Waals surface area contributed by atoms with E-state index in [2.05, 4.69) is 33.6 Å². The molecule has 2 aliphatic heterocycles. The van der Waals surface area contributed by atoms with Crippen LogP contribution in [-0.2, 0) is 16.6 Å². The predicted octanol–water partition coefficient (Wildman–Crippen LogP) is 4.54. The van der Waals surface area contributed by atoms with E-state index in [9.17, 15) is 12.8 Å². The SMILES string of the molecule is CCS(=O)(=O)N1CCC(Nc2cc(C3NC(=NCc4cccc(F)c4)C=CC3C)c(Cl)cn2)CC1. The number of amidine groups is 1. The van der Waals surface area contributed by atoms with E-state index in [1.807, 2.05) is 18.2 Å². The number of sulfonamides is 1. The number of aromatic nitrogens is 1. The van der Waals surface area contributed by atoms with Gasteiger partial charge in [-0.1, -0.05) is 36.7 Å². The van der Waals surface area contributed by atoms with Gasteiger partial charge in [-0.05, 0) is 61.1 Å². The smallest absolute Gasteiger partial charge is 0.213 e. The van der Waals surface area contributed by atoms with Gasteiger partial charge >= 0.3 is 0 Å². The predicted molar refractivity (Wildman–Crippen MR) is 139 cm³/mol. The van der Waals surface area contributed by atoms with Crippen LogP contribution in [-0.4, -0.2) is 48.4 Å². The molecule has 2 aliphatic rings. The van der Waals surface area contributed by atoms with Gasteiger partial charge in [-0.2, -0.15) is 0 Å². The van der Waals surface area contributed by atoms with E-state index in [-0.39, 0.29) is 29.6 Å². The summed E-state index contributed by atoms with van der Waals surface area (Å²) in [5.41, 5.74) is 1.71. The van der Waals surface area contributed by atoms with E-state index in [4.69, 9.17) is 11.6 Å². The van der Waals surface area contributed by atoms with Crippen molar-refractivity contribution in [1.82, 2.24) is 14.6 Å². The first kappa shape index (κ1) is 25.6. The van der Waals surface area contributed by atoms with Crippen molar-refractivity contribution in [2.24, 2.45) is 10.9 Å². The number of aliphatic imine (C=N–C) groups is 1. The normalized spacial score (nSPS) is 22.8. The maximum Gasteiger partial charge on any atom is 0.213 e. The van der Waals surface area contributed by atoms with Crippen molar-refractivity contribution in [3.63, 3.8) is 0 Å². The Morgan fingerprint density at radius 3 is 2.77 bits per heavy atom. The van der Waals surface area contributed by atoms with E-state index >= 15 is 0 Å². The molecule has 1 saturated heterocycles. The number of nitrogens with one attached hydrogen (secondary N) is 2. The van der Waals surface area contributed by atoms with Gasteiger partial charge in [-0.15, -0.1) is 0 Å². The van der Waals surface area contributed by atoms with E-state index in [1.165, 1.54) is 12.1 Å². The Labute approximate surface area is 211 Å². The molecule has 2 N–H and O–H groups in total. The molecular formula is C25H31ClFN5O2S. The number of piperidine rings is 1. The molecule has 1 aromatic heterocycles. The number of anilines is 1. The van der Waals surface area contributed by atoms with Crippen LogP contribution in [0.1, 0.15) is 43.9 Å². The van der Waals surface area contributed by atoms with Crippen LogP contribution in [0.25, 0.3) is 0 Å². The highest BCUT2D eigenvalue weighted by Gasteiger charge is 2.28. The first-order valence-electron chi connectivity index (χ1n) is 11.9. The molecule has 2 unspecified atom stereocenters. The third kappa shape index (κ3) is 6.39. The lowest BCUT2D eigenvalue weighted by molar-refractivity contribution is 0.330. The minimum atomic E-state index is -3.15. The summed E-state index contributed by atoms with van der Waals surface area (Å²) in [4.78, 5) is 9.06. The molecule has 0 amide bonds. The lowest BCUT2D eigenvalue weighted by Gasteiger charge is -2.32. The van der Waals surface area contributed by atoms with Gasteiger partial charge in [0.05, 0.1) is 23.4 Å². The van der Waals surface area contributed by atoms with Gasteiger partial charge in [0.2, 0.25) is 10.0 Å². The van der Waals surface area contributed by atoms with Gasteiger partial charge in [0.1, 0.15) is 17.5 Å². The fourth-order valence-electron chi connectivity index (χ4n) is 4.41. The minimum absolute atomic E-state index is 0.0983. The number of nitrogens with zero attached hydrogens (tertiary/aromatic N) is 3. The van der Waals surface area contributed by atoms with Gasteiger partial charge < -0.3 is 10.6 Å². The van der Waals surface area contributed by atoms with Crippen molar-refractivity contribution in [2.45, 2.75) is 45.3 Å². The third-order valence-electron chi connectivity index (χ3n) is 6.49. The number of halogens is 2. The fourth-order valence-corrected chi connectivity index (χ4v) is 5.76. The zero-order chi connectivity index (χ0) is 25.0. The number of benzene rings is 1. The standard InChI is InChI=1S/C25H31ClFN5O2S/c1-3-35(33,34)32-11-9-20(10-12-32)30-24-14-21(22(26)16-29-24)25-17(2)7-8-23(31-25)28-15-18-5-4-6-19(27)13-18/h4-8,13-14,16-17,20,25H,3,9-12,15H2,1-2H3,(H,28,31)(H,29,30). The van der Waals surface area contributed by atoms with Crippen molar-refractivity contribution in [2.75, 3.05) is 24.2 Å². The van der Waals surface area contributed by atoms with Gasteiger partial charge in [0.15, 0.2) is 0 Å². The van der Waals surface area contributed by atoms with E-state index in [0.717, 1.165) is 24.0 Å². The molecular weight excluding hydrogens is 489 g/mol. The monoisotopic (exact) mass is 519 g/mol. The van der Waals surface area contributed by atoms with Crippen molar-refractivity contribution in [3.05, 3.63) is 70.6 Å². The maximum absolute atomic E-state index is 13.5. The molecule has 2 aromatic rings. The number of hydrogen-bond acceptors (Lipinski definition) is 5. The van der Waals surface area contributed by atoms with Gasteiger partial charge in [0, 0.05) is 25.3 Å². The Morgan fingerprint density at radius 1 is 1.29 bits per heavy atom. The number of rotatable bonds is 7. The molecule has 0 saturated carbocycles. The first-order valence-corrected chi connectivity index (χ1v) is 13.9. The van der Waals surface area contributed by atoms with Gasteiger partial charge in [-0.3, -0.25) is 4.99 Å². The molecule has 188 valence electrons. The topological polar surface area (TPSA) is 86.7 Å². The maximum atomic E-state index is 13.5. The summed E-state index contributed by atoms with van der Waals surface area (Å²) in [6.45, 7) is 5.16.